The van der Waals surface area contributed by atoms with Gasteiger partial charge in [-0.05, 0) is 71.4 Å². The van der Waals surface area contributed by atoms with Crippen molar-refractivity contribution >= 4 is 17.4 Å². The Balaban J connectivity index is 2.19. The van der Waals surface area contributed by atoms with Gasteiger partial charge in [-0.1, -0.05) is 11.6 Å². The van der Waals surface area contributed by atoms with Crippen molar-refractivity contribution in [1.82, 2.24) is 4.57 Å². The quantitative estimate of drug-likeness (QED) is 0.730. The lowest BCUT2D eigenvalue weighted by Crippen LogP contribution is -2.24. The molecule has 3 nitrogen and oxygen atoms in total. The molecule has 1 aromatic heterocycles. The predicted octanol–water partition coefficient (Wildman–Crippen LogP) is 5.08. The van der Waals surface area contributed by atoms with Crippen molar-refractivity contribution in [2.75, 3.05) is 6.61 Å². The van der Waals surface area contributed by atoms with Crippen molar-refractivity contribution in [2.45, 2.75) is 47.1 Å². The Labute approximate surface area is 143 Å². The van der Waals surface area contributed by atoms with Gasteiger partial charge in [-0.3, -0.25) is 4.79 Å². The number of nitrogens with zero attached hydrogens (tertiary/aromatic N) is 1. The summed E-state index contributed by atoms with van der Waals surface area (Å²) in [6, 6.07) is 7.33. The first-order valence-electron chi connectivity index (χ1n) is 7.73. The smallest absolute Gasteiger partial charge is 0.202 e. The van der Waals surface area contributed by atoms with Gasteiger partial charge in [0.25, 0.3) is 0 Å². The molecule has 0 N–H and O–H groups in total. The van der Waals surface area contributed by atoms with Gasteiger partial charge in [-0.2, -0.15) is 0 Å². The molecule has 0 saturated heterocycles. The van der Waals surface area contributed by atoms with Crippen LogP contribution in [0.1, 0.15) is 48.1 Å². The average Bonchev–Trinajstić information content (AvgIpc) is 2.72. The van der Waals surface area contributed by atoms with Crippen LogP contribution < -0.4 is 4.74 Å². The summed E-state index contributed by atoms with van der Waals surface area (Å²) in [5.74, 6) is 0.676. The second-order valence-corrected chi connectivity index (χ2v) is 7.35. The minimum Gasteiger partial charge on any atom is -0.485 e. The maximum Gasteiger partial charge on any atom is 0.202 e. The zero-order chi connectivity index (χ0) is 17.4. The highest BCUT2D eigenvalue weighted by Crippen LogP contribution is 2.26. The largest absolute Gasteiger partial charge is 0.485 e. The van der Waals surface area contributed by atoms with Gasteiger partial charge in [0, 0.05) is 27.5 Å². The molecule has 2 rings (SSSR count). The number of ether oxygens (including phenoxy) is 1. The third-order valence-corrected chi connectivity index (χ3v) is 4.13. The van der Waals surface area contributed by atoms with E-state index in [1.165, 1.54) is 0 Å². The highest BCUT2D eigenvalue weighted by Gasteiger charge is 2.22. The van der Waals surface area contributed by atoms with Crippen LogP contribution >= 0.6 is 11.6 Å². The van der Waals surface area contributed by atoms with E-state index in [1.807, 2.05) is 32.9 Å². The summed E-state index contributed by atoms with van der Waals surface area (Å²) in [5.41, 5.74) is 3.66. The fourth-order valence-electron chi connectivity index (χ4n) is 3.07. The Morgan fingerprint density at radius 1 is 1.17 bits per heavy atom. The van der Waals surface area contributed by atoms with Gasteiger partial charge < -0.3 is 9.30 Å². The van der Waals surface area contributed by atoms with Gasteiger partial charge in [0.2, 0.25) is 5.78 Å². The Bertz CT molecular complexity index is 739. The Morgan fingerprint density at radius 3 is 2.35 bits per heavy atom. The lowest BCUT2D eigenvalue weighted by molar-refractivity contribution is 0.0920. The number of hydrogen-bond donors (Lipinski definition) is 0. The topological polar surface area (TPSA) is 31.2 Å². The Kier molecular flexibility index (Phi) is 4.90. The van der Waals surface area contributed by atoms with E-state index in [-0.39, 0.29) is 17.9 Å². The van der Waals surface area contributed by atoms with Gasteiger partial charge in [0.05, 0.1) is 0 Å². The Morgan fingerprint density at radius 2 is 1.83 bits per heavy atom. The number of ketones is 1. The Hall–Kier alpha value is -1.74. The SMILES string of the molecule is Cc1cc(Cl)ccc1OCC(=O)c1cc(C)n(C(C)(C)C)c1C. The molecule has 0 bridgehead atoms. The number of carbonyl (C=O) groups is 1. The zero-order valence-corrected chi connectivity index (χ0v) is 15.4. The summed E-state index contributed by atoms with van der Waals surface area (Å²) >= 11 is 5.93. The number of aromatic nitrogens is 1. The maximum absolute atomic E-state index is 12.5. The van der Waals surface area contributed by atoms with Gasteiger partial charge in [0.1, 0.15) is 5.75 Å². The van der Waals surface area contributed by atoms with Crippen LogP contribution in [0.3, 0.4) is 0 Å². The monoisotopic (exact) mass is 333 g/mol. The number of rotatable bonds is 4. The van der Waals surface area contributed by atoms with Crippen molar-refractivity contribution in [3.63, 3.8) is 0 Å². The molecule has 0 spiro atoms. The molecule has 0 fully saturated rings. The molecule has 0 aliphatic carbocycles. The van der Waals surface area contributed by atoms with Crippen molar-refractivity contribution in [3.05, 3.63) is 51.8 Å². The van der Waals surface area contributed by atoms with E-state index in [0.29, 0.717) is 10.8 Å². The van der Waals surface area contributed by atoms with E-state index >= 15 is 0 Å². The van der Waals surface area contributed by atoms with Crippen LogP contribution in [0.25, 0.3) is 0 Å². The summed E-state index contributed by atoms with van der Waals surface area (Å²) in [5, 5.41) is 0.662. The highest BCUT2D eigenvalue weighted by molar-refractivity contribution is 6.30. The molecule has 4 heteroatoms. The van der Waals surface area contributed by atoms with E-state index < -0.39 is 0 Å². The number of Topliss-reactive ketones (excluding diaryl/α,β-unsaturated/α-hetero) is 1. The summed E-state index contributed by atoms with van der Waals surface area (Å²) in [6.07, 6.45) is 0. The molecular formula is C19H24ClNO2. The molecular weight excluding hydrogens is 310 g/mol. The molecule has 0 amide bonds. The molecule has 2 aromatic rings. The minimum absolute atomic E-state index is 0.0112. The van der Waals surface area contributed by atoms with E-state index in [0.717, 1.165) is 22.5 Å². The molecule has 1 aromatic carbocycles. The van der Waals surface area contributed by atoms with E-state index in [4.69, 9.17) is 16.3 Å². The van der Waals surface area contributed by atoms with Crippen LogP contribution in [0.5, 0.6) is 5.75 Å². The van der Waals surface area contributed by atoms with E-state index in [2.05, 4.69) is 25.3 Å². The van der Waals surface area contributed by atoms with Crippen molar-refractivity contribution in [1.29, 1.82) is 0 Å². The molecule has 0 radical (unpaired) electrons. The number of aryl methyl sites for hydroxylation is 2. The van der Waals surface area contributed by atoms with Crippen LogP contribution in [-0.4, -0.2) is 17.0 Å². The standard InChI is InChI=1S/C19H24ClNO2/c1-12-9-15(20)7-8-18(12)23-11-17(22)16-10-13(2)21(14(16)3)19(4,5)6/h7-10H,11H2,1-6H3. The van der Waals surface area contributed by atoms with Crippen molar-refractivity contribution in [3.8, 4) is 5.75 Å². The number of hydrogen-bond acceptors (Lipinski definition) is 2. The lowest BCUT2D eigenvalue weighted by atomic mass is 10.1. The summed E-state index contributed by atoms with van der Waals surface area (Å²) < 4.78 is 7.87. The molecule has 0 saturated carbocycles. The van der Waals surface area contributed by atoms with Crippen molar-refractivity contribution in [2.24, 2.45) is 0 Å². The second kappa shape index (κ2) is 6.40. The van der Waals surface area contributed by atoms with Gasteiger partial charge in [0.15, 0.2) is 6.61 Å². The molecule has 0 aliphatic rings. The average molecular weight is 334 g/mol. The summed E-state index contributed by atoms with van der Waals surface area (Å²) in [7, 11) is 0. The van der Waals surface area contributed by atoms with Crippen LogP contribution in [0.4, 0.5) is 0 Å². The third kappa shape index (κ3) is 3.78. The number of halogens is 1. The molecule has 124 valence electrons. The summed E-state index contributed by atoms with van der Waals surface area (Å²) in [6.45, 7) is 12.4. The molecule has 0 aliphatic heterocycles. The predicted molar refractivity (Wildman–Crippen MR) is 94.9 cm³/mol. The van der Waals surface area contributed by atoms with Crippen LogP contribution in [0, 0.1) is 20.8 Å². The maximum atomic E-state index is 12.5. The highest BCUT2D eigenvalue weighted by atomic mass is 35.5. The van der Waals surface area contributed by atoms with Crippen molar-refractivity contribution < 1.29 is 9.53 Å². The van der Waals surface area contributed by atoms with Gasteiger partial charge in [-0.15, -0.1) is 0 Å². The second-order valence-electron chi connectivity index (χ2n) is 6.91. The zero-order valence-electron chi connectivity index (χ0n) is 14.7. The van der Waals surface area contributed by atoms with Crippen LogP contribution in [0.2, 0.25) is 5.02 Å². The number of carbonyl (C=O) groups excluding carboxylic acids is 1. The van der Waals surface area contributed by atoms with E-state index in [9.17, 15) is 4.79 Å². The first kappa shape index (κ1) is 17.6. The van der Waals surface area contributed by atoms with E-state index in [1.54, 1.807) is 12.1 Å². The lowest BCUT2D eigenvalue weighted by Gasteiger charge is -2.25. The first-order valence-corrected chi connectivity index (χ1v) is 8.10. The van der Waals surface area contributed by atoms with Crippen LogP contribution in [0.15, 0.2) is 24.3 Å². The molecule has 23 heavy (non-hydrogen) atoms. The number of benzene rings is 1. The first-order chi connectivity index (χ1) is 10.6. The molecule has 0 unspecified atom stereocenters. The molecule has 1 heterocycles. The van der Waals surface area contributed by atoms with Crippen LogP contribution in [-0.2, 0) is 5.54 Å². The molecule has 0 atom stereocenters. The third-order valence-electron chi connectivity index (χ3n) is 3.90. The van der Waals surface area contributed by atoms with Gasteiger partial charge in [-0.25, -0.2) is 0 Å². The summed E-state index contributed by atoms with van der Waals surface area (Å²) in [4.78, 5) is 12.5. The van der Waals surface area contributed by atoms with Gasteiger partial charge >= 0.3 is 0 Å². The fraction of sp³-hybridized carbons (Fsp3) is 0.421. The minimum atomic E-state index is -0.0552. The fourth-order valence-corrected chi connectivity index (χ4v) is 3.30. The normalized spacial score (nSPS) is 11.6.